The van der Waals surface area contributed by atoms with Crippen LogP contribution < -0.4 is 15.5 Å². The molecule has 8 unspecified atom stereocenters. The summed E-state index contributed by atoms with van der Waals surface area (Å²) in [6.45, 7) is 10.3. The monoisotopic (exact) mass is 1110 g/mol. The van der Waals surface area contributed by atoms with Crippen molar-refractivity contribution in [2.24, 2.45) is 11.8 Å². The van der Waals surface area contributed by atoms with Gasteiger partial charge in [-0.25, -0.2) is 0 Å². The van der Waals surface area contributed by atoms with Gasteiger partial charge >= 0.3 is 0 Å². The standard InChI is InChI=1S/C82H78N2O/c1-4-57-29-33-59(34-30-57)62-37-38-64-53-73(47-41-63(64)52-62)85-72(6-3)26-18-19-51-82(67-20-10-7-11-21-67)78-28-17-16-27-74(78)75-48-46-71(56-79(75)82)83(68-22-12-8-13-23-68)70-44-39-61(40-45-70)66-43-50-81-77(55-66)76-54-65(60-35-31-58(5-2)32-36-60)42-49-80(76)84(81)69-24-14-9-15-25-69/h4-5,7-17,20-24,27-31,33,35-39,41,43-50,52,54-56,58-59,61,65,69,72-73H,1-2,6,18-19,25-26,32,34,40,42,51,53H2,3H3. The molecule has 3 heteroatoms. The predicted molar refractivity (Wildman–Crippen MR) is 358 cm³/mol. The van der Waals surface area contributed by atoms with Gasteiger partial charge in [0, 0.05) is 68.1 Å². The Bertz CT molecular complexity index is 4130. The molecule has 7 aromatic rings. The Morgan fingerprint density at radius 1 is 0.647 bits per heavy atom. The zero-order valence-corrected chi connectivity index (χ0v) is 49.3. The molecule has 0 fully saturated rings. The van der Waals surface area contributed by atoms with Crippen molar-refractivity contribution < 1.29 is 4.74 Å². The first-order chi connectivity index (χ1) is 42.0. The van der Waals surface area contributed by atoms with Gasteiger partial charge in [-0.3, -0.25) is 0 Å². The van der Waals surface area contributed by atoms with Gasteiger partial charge in [-0.05, 0) is 161 Å². The van der Waals surface area contributed by atoms with Crippen molar-refractivity contribution in [1.82, 2.24) is 4.57 Å². The van der Waals surface area contributed by atoms with Crippen LogP contribution in [-0.2, 0) is 16.6 Å². The molecule has 0 spiro atoms. The highest BCUT2D eigenvalue weighted by atomic mass is 16.5. The Morgan fingerprint density at radius 3 is 2.20 bits per heavy atom. The topological polar surface area (TPSA) is 17.4 Å². The SMILES string of the molecule is C=CC1=CCC(c2ccc3c(c2)C=CC(OC(CC)CCCCC2(c4ccccc4)c4ccccc4-c4ccc(N(C5=CCC(c6ccc7c(c6)c6c(n7C7C=CC=CC7)=CCC(C7=CCC(C=C)C=C7)C=6)C=C5)c5ccccc5)cc42)C3)C=C1. The molecule has 0 radical (unpaired) electrons. The van der Waals surface area contributed by atoms with E-state index in [0.29, 0.717) is 23.8 Å². The molecule has 0 bridgehead atoms. The quantitative estimate of drug-likeness (QED) is 0.0629. The maximum Gasteiger partial charge on any atom is 0.0803 e. The summed E-state index contributed by atoms with van der Waals surface area (Å²) in [4.78, 5) is 2.50. The van der Waals surface area contributed by atoms with Gasteiger partial charge in [-0.2, -0.15) is 0 Å². The minimum Gasteiger partial charge on any atom is -0.371 e. The molecular formula is C82H78N2O. The smallest absolute Gasteiger partial charge is 0.0803 e. The Kier molecular flexibility index (Phi) is 15.3. The van der Waals surface area contributed by atoms with E-state index in [0.717, 1.165) is 76.3 Å². The van der Waals surface area contributed by atoms with Gasteiger partial charge in [0.1, 0.15) is 0 Å². The maximum atomic E-state index is 6.98. The highest BCUT2D eigenvalue weighted by molar-refractivity contribution is 5.87. The van der Waals surface area contributed by atoms with E-state index in [4.69, 9.17) is 4.74 Å². The summed E-state index contributed by atoms with van der Waals surface area (Å²) in [5.41, 5.74) is 19.5. The summed E-state index contributed by atoms with van der Waals surface area (Å²) >= 11 is 0. The summed E-state index contributed by atoms with van der Waals surface area (Å²) < 4.78 is 9.59. The number of ether oxygens (including phenoxy) is 1. The van der Waals surface area contributed by atoms with E-state index < -0.39 is 0 Å². The summed E-state index contributed by atoms with van der Waals surface area (Å²) in [5.74, 6) is 1.45. The van der Waals surface area contributed by atoms with Crippen LogP contribution in [0.25, 0.3) is 40.3 Å². The van der Waals surface area contributed by atoms with Crippen LogP contribution in [0.3, 0.4) is 0 Å². The number of hydrogen-bond acceptors (Lipinski definition) is 2. The first-order valence-corrected chi connectivity index (χ1v) is 31.7. The Morgan fingerprint density at radius 2 is 1.44 bits per heavy atom. The fourth-order valence-electron chi connectivity index (χ4n) is 15.1. The van der Waals surface area contributed by atoms with Crippen molar-refractivity contribution in [2.45, 2.75) is 113 Å². The highest BCUT2D eigenvalue weighted by Gasteiger charge is 2.44. The second-order valence-corrected chi connectivity index (χ2v) is 24.6. The minimum atomic E-state index is -0.323. The third-order valence-corrected chi connectivity index (χ3v) is 19.7. The number of anilines is 2. The number of allylic oxidation sites excluding steroid dienone is 17. The summed E-state index contributed by atoms with van der Waals surface area (Å²) in [6.07, 6.45) is 55.5. The third-order valence-electron chi connectivity index (χ3n) is 19.7. The van der Waals surface area contributed by atoms with E-state index >= 15 is 0 Å². The van der Waals surface area contributed by atoms with Crippen molar-refractivity contribution >= 4 is 40.5 Å². The Balaban J connectivity index is 0.734. The largest absolute Gasteiger partial charge is 0.371 e. The number of para-hydroxylation sites is 1. The van der Waals surface area contributed by atoms with E-state index in [1.165, 1.54) is 94.1 Å². The molecule has 14 rings (SSSR count). The fourth-order valence-corrected chi connectivity index (χ4v) is 15.1. The van der Waals surface area contributed by atoms with Crippen molar-refractivity contribution in [3.8, 4) is 11.1 Å². The minimum absolute atomic E-state index is 0.0846. The lowest BCUT2D eigenvalue weighted by Crippen LogP contribution is -2.34. The number of hydrogen-bond donors (Lipinski definition) is 0. The Labute approximate surface area is 504 Å². The van der Waals surface area contributed by atoms with Crippen molar-refractivity contribution in [3.63, 3.8) is 0 Å². The van der Waals surface area contributed by atoms with E-state index in [2.05, 4.69) is 278 Å². The van der Waals surface area contributed by atoms with Gasteiger partial charge < -0.3 is 14.2 Å². The van der Waals surface area contributed by atoms with Gasteiger partial charge in [0.25, 0.3) is 0 Å². The lowest BCUT2D eigenvalue weighted by molar-refractivity contribution is 0.00520. The van der Waals surface area contributed by atoms with Crippen LogP contribution in [0.1, 0.15) is 128 Å². The Hall–Kier alpha value is -8.50. The van der Waals surface area contributed by atoms with Gasteiger partial charge in [0.15, 0.2) is 0 Å². The average Bonchev–Trinajstić information content (AvgIpc) is 1.93. The first-order valence-electron chi connectivity index (χ1n) is 31.7. The summed E-state index contributed by atoms with van der Waals surface area (Å²) in [7, 11) is 0. The molecule has 7 aliphatic rings. The zero-order valence-electron chi connectivity index (χ0n) is 49.3. The number of rotatable bonds is 18. The van der Waals surface area contributed by atoms with Crippen LogP contribution >= 0.6 is 0 Å². The van der Waals surface area contributed by atoms with E-state index in [1.54, 1.807) is 0 Å². The number of benzene rings is 6. The molecule has 6 aromatic carbocycles. The molecule has 1 aromatic heterocycles. The average molecular weight is 1110 g/mol. The zero-order chi connectivity index (χ0) is 57.3. The van der Waals surface area contributed by atoms with E-state index in [-0.39, 0.29) is 23.5 Å². The molecule has 3 nitrogen and oxygen atoms in total. The lowest BCUT2D eigenvalue weighted by atomic mass is 9.69. The maximum absolute atomic E-state index is 6.98. The van der Waals surface area contributed by atoms with Crippen LogP contribution in [-0.4, -0.2) is 16.8 Å². The molecule has 1 heterocycles. The molecule has 0 N–H and O–H groups in total. The molecular weight excluding hydrogens is 1030 g/mol. The molecule has 85 heavy (non-hydrogen) atoms. The van der Waals surface area contributed by atoms with Gasteiger partial charge in [0.2, 0.25) is 0 Å². The van der Waals surface area contributed by atoms with Gasteiger partial charge in [-0.1, -0.05) is 239 Å². The third kappa shape index (κ3) is 10.5. The van der Waals surface area contributed by atoms with Gasteiger partial charge in [0.05, 0.1) is 18.2 Å². The first kappa shape index (κ1) is 54.4. The van der Waals surface area contributed by atoms with Crippen LogP contribution in [0.4, 0.5) is 11.4 Å². The number of aromatic nitrogens is 1. The van der Waals surface area contributed by atoms with Crippen LogP contribution in [0.5, 0.6) is 0 Å². The van der Waals surface area contributed by atoms with Crippen molar-refractivity contribution in [2.75, 3.05) is 4.90 Å². The number of unbranched alkanes of at least 4 members (excludes halogenated alkanes) is 1. The fraction of sp³-hybridized carbons (Fsp3) is 0.244. The van der Waals surface area contributed by atoms with Crippen LogP contribution in [0.2, 0.25) is 0 Å². The highest BCUT2D eigenvalue weighted by Crippen LogP contribution is 2.56. The van der Waals surface area contributed by atoms with Crippen molar-refractivity contribution in [3.05, 3.63) is 316 Å². The van der Waals surface area contributed by atoms with Crippen LogP contribution in [0, 0.1) is 11.8 Å². The summed E-state index contributed by atoms with van der Waals surface area (Å²) in [6, 6.07) is 53.7. The van der Waals surface area contributed by atoms with E-state index in [1.807, 2.05) is 6.08 Å². The van der Waals surface area contributed by atoms with Crippen molar-refractivity contribution in [1.29, 1.82) is 0 Å². The number of nitrogens with zero attached hydrogens (tertiary/aromatic N) is 2. The van der Waals surface area contributed by atoms with E-state index in [9.17, 15) is 0 Å². The molecule has 0 saturated carbocycles. The molecule has 0 saturated heterocycles. The normalized spacial score (nSPS) is 23.6. The summed E-state index contributed by atoms with van der Waals surface area (Å²) in [5, 5.41) is 4.11. The second kappa shape index (κ2) is 23.9. The molecule has 8 atom stereocenters. The van der Waals surface area contributed by atoms with Crippen LogP contribution in [0.15, 0.2) is 267 Å². The molecule has 7 aliphatic carbocycles. The lowest BCUT2D eigenvalue weighted by Gasteiger charge is -2.35. The predicted octanol–water partition coefficient (Wildman–Crippen LogP) is 19.2. The molecule has 0 aliphatic heterocycles. The van der Waals surface area contributed by atoms with Gasteiger partial charge in [-0.15, -0.1) is 6.58 Å². The molecule has 0 amide bonds. The second-order valence-electron chi connectivity index (χ2n) is 24.6. The number of fused-ring (bicyclic) bond motifs is 7. The molecule has 422 valence electrons.